The van der Waals surface area contributed by atoms with E-state index in [4.69, 9.17) is 11.1 Å². The molecule has 1 rings (SSSR count). The van der Waals surface area contributed by atoms with Gasteiger partial charge in [-0.2, -0.15) is 0 Å². The standard InChI is InChI=1S/C8H9BrN2O/c9-6-1-2-7(12)5(3-6)4-8(10)11/h1-3,12H,4H2,(H3,10,11). The van der Waals surface area contributed by atoms with Crippen LogP contribution in [0.1, 0.15) is 5.56 Å². The largest absolute Gasteiger partial charge is 0.508 e. The van der Waals surface area contributed by atoms with Gasteiger partial charge in [-0.15, -0.1) is 0 Å². The first-order chi connectivity index (χ1) is 5.59. The molecule has 1 aromatic rings. The van der Waals surface area contributed by atoms with Gasteiger partial charge in [0, 0.05) is 16.5 Å². The van der Waals surface area contributed by atoms with Gasteiger partial charge in [0.05, 0.1) is 5.84 Å². The number of benzene rings is 1. The first-order valence-electron chi connectivity index (χ1n) is 3.40. The second kappa shape index (κ2) is 3.58. The lowest BCUT2D eigenvalue weighted by Gasteiger charge is -2.02. The lowest BCUT2D eigenvalue weighted by atomic mass is 10.1. The zero-order chi connectivity index (χ0) is 9.14. The van der Waals surface area contributed by atoms with Crippen molar-refractivity contribution in [3.05, 3.63) is 28.2 Å². The second-order valence-electron chi connectivity index (χ2n) is 2.48. The summed E-state index contributed by atoms with van der Waals surface area (Å²) in [6.45, 7) is 0. The van der Waals surface area contributed by atoms with Crippen molar-refractivity contribution in [3.8, 4) is 5.75 Å². The van der Waals surface area contributed by atoms with E-state index in [1.54, 1.807) is 18.2 Å². The Morgan fingerprint density at radius 1 is 1.58 bits per heavy atom. The van der Waals surface area contributed by atoms with Gasteiger partial charge in [0.15, 0.2) is 0 Å². The zero-order valence-electron chi connectivity index (χ0n) is 6.34. The molecule has 4 heteroatoms. The predicted molar refractivity (Wildman–Crippen MR) is 51.4 cm³/mol. The molecular formula is C8H9BrN2O. The smallest absolute Gasteiger partial charge is 0.119 e. The van der Waals surface area contributed by atoms with E-state index in [-0.39, 0.29) is 18.0 Å². The van der Waals surface area contributed by atoms with E-state index in [2.05, 4.69) is 15.9 Å². The summed E-state index contributed by atoms with van der Waals surface area (Å²) < 4.78 is 0.872. The summed E-state index contributed by atoms with van der Waals surface area (Å²) in [5.41, 5.74) is 5.86. The minimum Gasteiger partial charge on any atom is -0.508 e. The lowest BCUT2D eigenvalue weighted by molar-refractivity contribution is 0.470. The van der Waals surface area contributed by atoms with Crippen LogP contribution in [0.25, 0.3) is 0 Å². The molecular weight excluding hydrogens is 220 g/mol. The van der Waals surface area contributed by atoms with E-state index in [1.807, 2.05) is 0 Å². The predicted octanol–water partition coefficient (Wildman–Crippen LogP) is 1.63. The lowest BCUT2D eigenvalue weighted by Crippen LogP contribution is -2.12. The monoisotopic (exact) mass is 228 g/mol. The summed E-state index contributed by atoms with van der Waals surface area (Å²) in [4.78, 5) is 0. The molecule has 0 heterocycles. The van der Waals surface area contributed by atoms with Crippen molar-refractivity contribution in [2.75, 3.05) is 0 Å². The van der Waals surface area contributed by atoms with E-state index >= 15 is 0 Å². The summed E-state index contributed by atoms with van der Waals surface area (Å²) in [5, 5.41) is 16.4. The molecule has 4 N–H and O–H groups in total. The van der Waals surface area contributed by atoms with Crippen molar-refractivity contribution in [3.63, 3.8) is 0 Å². The number of amidine groups is 1. The second-order valence-corrected chi connectivity index (χ2v) is 3.39. The molecule has 12 heavy (non-hydrogen) atoms. The van der Waals surface area contributed by atoms with Crippen molar-refractivity contribution >= 4 is 21.8 Å². The highest BCUT2D eigenvalue weighted by Gasteiger charge is 2.02. The molecule has 0 aliphatic heterocycles. The minimum absolute atomic E-state index is 0.0448. The third-order valence-electron chi connectivity index (χ3n) is 1.42. The number of aromatic hydroxyl groups is 1. The van der Waals surface area contributed by atoms with Crippen molar-refractivity contribution < 1.29 is 5.11 Å². The molecule has 0 spiro atoms. The number of phenolic OH excluding ortho intramolecular Hbond substituents is 1. The average molecular weight is 229 g/mol. The Hall–Kier alpha value is -1.03. The molecule has 64 valence electrons. The molecule has 0 saturated heterocycles. The Balaban J connectivity index is 2.97. The van der Waals surface area contributed by atoms with Crippen LogP contribution in [0.5, 0.6) is 5.75 Å². The molecule has 3 nitrogen and oxygen atoms in total. The molecule has 0 aliphatic rings. The van der Waals surface area contributed by atoms with Crippen LogP contribution in [0.15, 0.2) is 22.7 Å². The van der Waals surface area contributed by atoms with Gasteiger partial charge < -0.3 is 10.8 Å². The first-order valence-corrected chi connectivity index (χ1v) is 4.19. The van der Waals surface area contributed by atoms with Crippen LogP contribution in [0, 0.1) is 5.41 Å². The summed E-state index contributed by atoms with van der Waals surface area (Å²) in [6, 6.07) is 5.05. The Labute approximate surface area is 78.8 Å². The molecule has 0 bridgehead atoms. The SMILES string of the molecule is N=C(N)Cc1cc(Br)ccc1O. The van der Waals surface area contributed by atoms with Crippen molar-refractivity contribution in [1.29, 1.82) is 5.41 Å². The van der Waals surface area contributed by atoms with Crippen LogP contribution >= 0.6 is 15.9 Å². The van der Waals surface area contributed by atoms with E-state index in [0.29, 0.717) is 5.56 Å². The van der Waals surface area contributed by atoms with Crippen LogP contribution in [-0.4, -0.2) is 10.9 Å². The summed E-state index contributed by atoms with van der Waals surface area (Å²) in [6.07, 6.45) is 0.283. The van der Waals surface area contributed by atoms with Gasteiger partial charge in [0.1, 0.15) is 5.75 Å². The fourth-order valence-corrected chi connectivity index (χ4v) is 1.31. The maximum Gasteiger partial charge on any atom is 0.119 e. The molecule has 0 saturated carbocycles. The third kappa shape index (κ3) is 2.23. The van der Waals surface area contributed by atoms with Crippen LogP contribution in [0.2, 0.25) is 0 Å². The average Bonchev–Trinajstić information content (AvgIpc) is 1.96. The van der Waals surface area contributed by atoms with Gasteiger partial charge in [-0.05, 0) is 18.2 Å². The highest BCUT2D eigenvalue weighted by molar-refractivity contribution is 9.10. The Morgan fingerprint density at radius 2 is 2.25 bits per heavy atom. The summed E-state index contributed by atoms with van der Waals surface area (Å²) in [7, 11) is 0. The fraction of sp³-hybridized carbons (Fsp3) is 0.125. The van der Waals surface area contributed by atoms with Crippen molar-refractivity contribution in [2.24, 2.45) is 5.73 Å². The Bertz CT molecular complexity index is 312. The maximum absolute atomic E-state index is 9.31. The van der Waals surface area contributed by atoms with Gasteiger partial charge in [0.2, 0.25) is 0 Å². The normalized spacial score (nSPS) is 9.75. The maximum atomic E-state index is 9.31. The van der Waals surface area contributed by atoms with Gasteiger partial charge in [-0.3, -0.25) is 5.41 Å². The minimum atomic E-state index is 0.0448. The first kappa shape index (κ1) is 9.06. The molecule has 0 atom stereocenters. The summed E-state index contributed by atoms with van der Waals surface area (Å²) >= 11 is 3.26. The number of nitrogens with two attached hydrogens (primary N) is 1. The van der Waals surface area contributed by atoms with Gasteiger partial charge in [0.25, 0.3) is 0 Å². The van der Waals surface area contributed by atoms with Gasteiger partial charge in [-0.25, -0.2) is 0 Å². The number of rotatable bonds is 2. The number of hydrogen-bond acceptors (Lipinski definition) is 2. The van der Waals surface area contributed by atoms with Crippen LogP contribution in [0.4, 0.5) is 0 Å². The zero-order valence-corrected chi connectivity index (χ0v) is 7.93. The van der Waals surface area contributed by atoms with E-state index < -0.39 is 0 Å². The highest BCUT2D eigenvalue weighted by atomic mass is 79.9. The van der Waals surface area contributed by atoms with Crippen molar-refractivity contribution in [1.82, 2.24) is 0 Å². The molecule has 0 aliphatic carbocycles. The van der Waals surface area contributed by atoms with Gasteiger partial charge >= 0.3 is 0 Å². The molecule has 0 aromatic heterocycles. The number of phenols is 1. The van der Waals surface area contributed by atoms with Crippen LogP contribution in [0.3, 0.4) is 0 Å². The molecule has 0 unspecified atom stereocenters. The number of halogens is 1. The Kier molecular flexibility index (Phi) is 2.70. The topological polar surface area (TPSA) is 70.1 Å². The molecule has 0 amide bonds. The van der Waals surface area contributed by atoms with Crippen molar-refractivity contribution in [2.45, 2.75) is 6.42 Å². The number of hydrogen-bond donors (Lipinski definition) is 3. The van der Waals surface area contributed by atoms with Crippen LogP contribution < -0.4 is 5.73 Å². The fourth-order valence-electron chi connectivity index (χ4n) is 0.901. The third-order valence-corrected chi connectivity index (χ3v) is 1.92. The molecule has 0 radical (unpaired) electrons. The number of nitrogens with one attached hydrogen (secondary N) is 1. The van der Waals surface area contributed by atoms with Crippen LogP contribution in [-0.2, 0) is 6.42 Å². The van der Waals surface area contributed by atoms with E-state index in [1.165, 1.54) is 0 Å². The molecule has 0 fully saturated rings. The summed E-state index contributed by atoms with van der Waals surface area (Å²) in [5.74, 6) is 0.219. The Morgan fingerprint density at radius 3 is 2.83 bits per heavy atom. The van der Waals surface area contributed by atoms with E-state index in [9.17, 15) is 5.11 Å². The molecule has 1 aromatic carbocycles. The highest BCUT2D eigenvalue weighted by Crippen LogP contribution is 2.21. The van der Waals surface area contributed by atoms with E-state index in [0.717, 1.165) is 4.47 Å². The van der Waals surface area contributed by atoms with Gasteiger partial charge in [-0.1, -0.05) is 15.9 Å². The quantitative estimate of drug-likeness (QED) is 0.532.